The molecule has 0 atom stereocenters. The monoisotopic (exact) mass is 496 g/mol. The molecule has 0 saturated carbocycles. The lowest BCUT2D eigenvalue weighted by atomic mass is 10.1. The molecule has 0 amide bonds. The topological polar surface area (TPSA) is 68.3 Å². The lowest BCUT2D eigenvalue weighted by Crippen LogP contribution is -2.38. The standard InChI is InChI=1S/C20H25FN6.HI/c1-22-20(25-13-16-5-4-6-19(26-16)27(2)3)23-10-9-14-12-24-18-8-7-15(21)11-17(14)18;/h4-8,11-12,24H,9-10,13H2,1-3H3,(H2,22,23,25);1H. The first-order valence-electron chi connectivity index (χ1n) is 8.90. The van der Waals surface area contributed by atoms with Crippen molar-refractivity contribution in [3.63, 3.8) is 0 Å². The fourth-order valence-corrected chi connectivity index (χ4v) is 2.88. The molecular weight excluding hydrogens is 470 g/mol. The van der Waals surface area contributed by atoms with E-state index in [0.717, 1.165) is 34.4 Å². The molecule has 1 aromatic carbocycles. The summed E-state index contributed by atoms with van der Waals surface area (Å²) in [6, 6.07) is 10.7. The van der Waals surface area contributed by atoms with Crippen LogP contribution in [-0.2, 0) is 13.0 Å². The number of aromatic amines is 1. The van der Waals surface area contributed by atoms with E-state index in [4.69, 9.17) is 0 Å². The SMILES string of the molecule is CN=C(NCCc1c[nH]c2ccc(F)cc12)NCc1cccc(N(C)C)n1.I. The molecule has 0 saturated heterocycles. The number of benzene rings is 1. The quantitative estimate of drug-likeness (QED) is 0.279. The summed E-state index contributed by atoms with van der Waals surface area (Å²) in [7, 11) is 5.67. The Morgan fingerprint density at radius 2 is 2.04 bits per heavy atom. The highest BCUT2D eigenvalue weighted by molar-refractivity contribution is 14.0. The molecule has 3 N–H and O–H groups in total. The van der Waals surface area contributed by atoms with E-state index in [2.05, 4.69) is 25.6 Å². The molecule has 0 fully saturated rings. The van der Waals surface area contributed by atoms with Gasteiger partial charge in [-0.05, 0) is 42.3 Å². The summed E-state index contributed by atoms with van der Waals surface area (Å²) < 4.78 is 13.5. The van der Waals surface area contributed by atoms with E-state index in [1.165, 1.54) is 6.07 Å². The van der Waals surface area contributed by atoms with E-state index in [1.54, 1.807) is 19.2 Å². The number of H-pyrrole nitrogens is 1. The molecule has 3 aromatic rings. The van der Waals surface area contributed by atoms with Crippen LogP contribution in [0.2, 0.25) is 0 Å². The van der Waals surface area contributed by atoms with Crippen molar-refractivity contribution in [2.24, 2.45) is 4.99 Å². The molecule has 28 heavy (non-hydrogen) atoms. The number of fused-ring (bicyclic) bond motifs is 1. The molecule has 2 aromatic heterocycles. The van der Waals surface area contributed by atoms with E-state index >= 15 is 0 Å². The van der Waals surface area contributed by atoms with Crippen LogP contribution in [0.15, 0.2) is 47.6 Å². The third-order valence-corrected chi connectivity index (χ3v) is 4.33. The number of aromatic nitrogens is 2. The third-order valence-electron chi connectivity index (χ3n) is 4.33. The highest BCUT2D eigenvalue weighted by Crippen LogP contribution is 2.19. The average molecular weight is 496 g/mol. The molecule has 0 aliphatic heterocycles. The average Bonchev–Trinajstić information content (AvgIpc) is 3.06. The maximum Gasteiger partial charge on any atom is 0.191 e. The van der Waals surface area contributed by atoms with Crippen LogP contribution >= 0.6 is 24.0 Å². The molecule has 0 bridgehead atoms. The number of guanidine groups is 1. The summed E-state index contributed by atoms with van der Waals surface area (Å²) in [5, 5.41) is 7.48. The Kier molecular flexibility index (Phi) is 8.04. The lowest BCUT2D eigenvalue weighted by molar-refractivity contribution is 0.629. The van der Waals surface area contributed by atoms with Crippen molar-refractivity contribution in [1.82, 2.24) is 20.6 Å². The molecule has 0 aliphatic carbocycles. The molecule has 6 nitrogen and oxygen atoms in total. The number of rotatable bonds is 6. The fourth-order valence-electron chi connectivity index (χ4n) is 2.88. The van der Waals surface area contributed by atoms with Crippen molar-refractivity contribution in [2.75, 3.05) is 32.6 Å². The Bertz CT molecular complexity index is 937. The molecule has 0 unspecified atom stereocenters. The summed E-state index contributed by atoms with van der Waals surface area (Å²) >= 11 is 0. The zero-order valence-electron chi connectivity index (χ0n) is 16.3. The first kappa shape index (κ1) is 21.9. The van der Waals surface area contributed by atoms with Gasteiger partial charge >= 0.3 is 0 Å². The van der Waals surface area contributed by atoms with Gasteiger partial charge in [-0.15, -0.1) is 24.0 Å². The van der Waals surface area contributed by atoms with Crippen LogP contribution < -0.4 is 15.5 Å². The van der Waals surface area contributed by atoms with Gasteiger partial charge in [-0.3, -0.25) is 4.99 Å². The Morgan fingerprint density at radius 3 is 2.79 bits per heavy atom. The van der Waals surface area contributed by atoms with E-state index in [9.17, 15) is 4.39 Å². The second-order valence-electron chi connectivity index (χ2n) is 6.49. The van der Waals surface area contributed by atoms with E-state index in [0.29, 0.717) is 19.0 Å². The molecular formula is C20H26FIN6. The van der Waals surface area contributed by atoms with Crippen LogP contribution in [0.3, 0.4) is 0 Å². The molecule has 3 rings (SSSR count). The Balaban J connectivity index is 0.00000280. The number of nitrogens with one attached hydrogen (secondary N) is 3. The van der Waals surface area contributed by atoms with E-state index in [1.807, 2.05) is 43.4 Å². The molecule has 2 heterocycles. The summed E-state index contributed by atoms with van der Waals surface area (Å²) in [4.78, 5) is 14.0. The maximum absolute atomic E-state index is 13.5. The minimum absolute atomic E-state index is 0. The second kappa shape index (κ2) is 10.3. The Labute approximate surface area is 181 Å². The summed E-state index contributed by atoms with van der Waals surface area (Å²) in [6.07, 6.45) is 2.69. The van der Waals surface area contributed by atoms with Gasteiger partial charge in [0.05, 0.1) is 12.2 Å². The van der Waals surface area contributed by atoms with Crippen LogP contribution in [0.1, 0.15) is 11.3 Å². The van der Waals surface area contributed by atoms with Crippen molar-refractivity contribution < 1.29 is 4.39 Å². The van der Waals surface area contributed by atoms with Gasteiger partial charge < -0.3 is 20.5 Å². The molecule has 0 radical (unpaired) electrons. The smallest absolute Gasteiger partial charge is 0.191 e. The molecule has 0 aliphatic rings. The van der Waals surface area contributed by atoms with Crippen molar-refractivity contribution in [3.8, 4) is 0 Å². The summed E-state index contributed by atoms with van der Waals surface area (Å²) in [6.45, 7) is 1.27. The van der Waals surface area contributed by atoms with Gasteiger partial charge in [0.25, 0.3) is 0 Å². The van der Waals surface area contributed by atoms with Gasteiger partial charge in [-0.2, -0.15) is 0 Å². The van der Waals surface area contributed by atoms with Gasteiger partial charge in [-0.1, -0.05) is 6.07 Å². The molecule has 150 valence electrons. The number of hydrogen-bond acceptors (Lipinski definition) is 3. The predicted molar refractivity (Wildman–Crippen MR) is 124 cm³/mol. The molecule has 8 heteroatoms. The van der Waals surface area contributed by atoms with Gasteiger partial charge in [0, 0.05) is 44.8 Å². The van der Waals surface area contributed by atoms with Crippen molar-refractivity contribution >= 4 is 46.7 Å². The number of aliphatic imine (C=N–C) groups is 1. The number of anilines is 1. The highest BCUT2D eigenvalue weighted by Gasteiger charge is 2.06. The lowest BCUT2D eigenvalue weighted by Gasteiger charge is -2.14. The normalized spacial score (nSPS) is 11.2. The van der Waals surface area contributed by atoms with E-state index in [-0.39, 0.29) is 29.8 Å². The highest BCUT2D eigenvalue weighted by atomic mass is 127. The number of nitrogens with zero attached hydrogens (tertiary/aromatic N) is 3. The van der Waals surface area contributed by atoms with E-state index < -0.39 is 0 Å². The third kappa shape index (κ3) is 5.57. The Morgan fingerprint density at radius 1 is 1.21 bits per heavy atom. The second-order valence-corrected chi connectivity index (χ2v) is 6.49. The number of halogens is 2. The van der Waals surface area contributed by atoms with Crippen LogP contribution in [0.5, 0.6) is 0 Å². The van der Waals surface area contributed by atoms with Crippen molar-refractivity contribution in [3.05, 3.63) is 59.7 Å². The Hall–Kier alpha value is -2.36. The van der Waals surface area contributed by atoms with Crippen LogP contribution in [-0.4, -0.2) is 43.6 Å². The largest absolute Gasteiger partial charge is 0.363 e. The minimum Gasteiger partial charge on any atom is -0.363 e. The first-order valence-corrected chi connectivity index (χ1v) is 8.90. The fraction of sp³-hybridized carbons (Fsp3) is 0.300. The van der Waals surface area contributed by atoms with Crippen molar-refractivity contribution in [2.45, 2.75) is 13.0 Å². The zero-order valence-corrected chi connectivity index (χ0v) is 18.6. The first-order chi connectivity index (χ1) is 13.1. The predicted octanol–water partition coefficient (Wildman–Crippen LogP) is 3.29. The van der Waals surface area contributed by atoms with Gasteiger partial charge in [-0.25, -0.2) is 9.37 Å². The van der Waals surface area contributed by atoms with Crippen LogP contribution in [0, 0.1) is 5.82 Å². The number of hydrogen-bond donors (Lipinski definition) is 3. The van der Waals surface area contributed by atoms with Gasteiger partial charge in [0.15, 0.2) is 5.96 Å². The minimum atomic E-state index is -0.221. The number of pyridine rings is 1. The van der Waals surface area contributed by atoms with Crippen LogP contribution in [0.4, 0.5) is 10.2 Å². The maximum atomic E-state index is 13.5. The molecule has 0 spiro atoms. The van der Waals surface area contributed by atoms with Crippen LogP contribution in [0.25, 0.3) is 10.9 Å². The zero-order chi connectivity index (χ0) is 19.2. The van der Waals surface area contributed by atoms with Crippen molar-refractivity contribution in [1.29, 1.82) is 0 Å². The summed E-state index contributed by atoms with van der Waals surface area (Å²) in [5.41, 5.74) is 2.96. The van der Waals surface area contributed by atoms with Gasteiger partial charge in [0.2, 0.25) is 0 Å². The van der Waals surface area contributed by atoms with Gasteiger partial charge in [0.1, 0.15) is 11.6 Å². The summed E-state index contributed by atoms with van der Waals surface area (Å²) in [5.74, 6) is 1.41.